The lowest BCUT2D eigenvalue weighted by Gasteiger charge is -2.19. The lowest BCUT2D eigenvalue weighted by molar-refractivity contribution is 0.402. The van der Waals surface area contributed by atoms with Gasteiger partial charge >= 0.3 is 0 Å². The Morgan fingerprint density at radius 1 is 1.44 bits per heavy atom. The summed E-state index contributed by atoms with van der Waals surface area (Å²) in [6.07, 6.45) is 2.26. The highest BCUT2D eigenvalue weighted by Gasteiger charge is 2.22. The third kappa shape index (κ3) is 1.94. The van der Waals surface area contributed by atoms with E-state index in [1.54, 1.807) is 7.11 Å². The van der Waals surface area contributed by atoms with Crippen LogP contribution in [0.15, 0.2) is 11.0 Å². The van der Waals surface area contributed by atoms with Crippen molar-refractivity contribution < 1.29 is 4.74 Å². The van der Waals surface area contributed by atoms with Crippen LogP contribution in [0, 0.1) is 13.8 Å². The summed E-state index contributed by atoms with van der Waals surface area (Å²) >= 11 is 1.88. The Balaban J connectivity index is 2.63. The minimum Gasteiger partial charge on any atom is -0.496 e. The molecule has 2 rings (SSSR count). The summed E-state index contributed by atoms with van der Waals surface area (Å²) in [6, 6.07) is 2.29. The first-order valence-electron chi connectivity index (χ1n) is 5.71. The van der Waals surface area contributed by atoms with E-state index in [0.717, 1.165) is 17.9 Å². The zero-order valence-corrected chi connectivity index (χ0v) is 11.0. The topological polar surface area (TPSA) is 35.2 Å². The average molecular weight is 237 g/mol. The number of fused-ring (bicyclic) bond motifs is 1. The number of rotatable bonds is 1. The molecule has 1 aliphatic rings. The van der Waals surface area contributed by atoms with E-state index < -0.39 is 0 Å². The van der Waals surface area contributed by atoms with Crippen molar-refractivity contribution in [2.45, 2.75) is 37.6 Å². The van der Waals surface area contributed by atoms with E-state index in [9.17, 15) is 0 Å². The number of ether oxygens (including phenoxy) is 1. The largest absolute Gasteiger partial charge is 0.496 e. The van der Waals surface area contributed by atoms with Crippen LogP contribution >= 0.6 is 11.8 Å². The second-order valence-corrected chi connectivity index (χ2v) is 5.47. The fraction of sp³-hybridized carbons (Fsp3) is 0.538. The summed E-state index contributed by atoms with van der Waals surface area (Å²) in [7, 11) is 1.74. The van der Waals surface area contributed by atoms with Crippen molar-refractivity contribution in [3.8, 4) is 5.75 Å². The van der Waals surface area contributed by atoms with Gasteiger partial charge in [0.15, 0.2) is 0 Å². The number of thioether (sulfide) groups is 1. The smallest absolute Gasteiger partial charge is 0.133 e. The molecule has 0 spiro atoms. The maximum Gasteiger partial charge on any atom is 0.133 e. The Labute approximate surface area is 102 Å². The molecule has 1 unspecified atom stereocenters. The Kier molecular flexibility index (Phi) is 3.45. The van der Waals surface area contributed by atoms with Gasteiger partial charge in [0.2, 0.25) is 0 Å². The summed E-state index contributed by atoms with van der Waals surface area (Å²) in [4.78, 5) is 1.26. The van der Waals surface area contributed by atoms with E-state index in [1.807, 2.05) is 11.8 Å². The molecule has 0 saturated heterocycles. The second-order valence-electron chi connectivity index (χ2n) is 4.36. The van der Waals surface area contributed by atoms with E-state index in [2.05, 4.69) is 19.9 Å². The molecule has 0 fully saturated rings. The molecule has 2 nitrogen and oxygen atoms in total. The third-order valence-electron chi connectivity index (χ3n) is 3.31. The van der Waals surface area contributed by atoms with Crippen molar-refractivity contribution in [2.75, 3.05) is 12.9 Å². The van der Waals surface area contributed by atoms with Crippen molar-refractivity contribution in [1.29, 1.82) is 0 Å². The minimum atomic E-state index is 0.166. The maximum absolute atomic E-state index is 6.27. The third-order valence-corrected chi connectivity index (χ3v) is 4.51. The fourth-order valence-corrected chi connectivity index (χ4v) is 3.51. The number of methoxy groups -OCH3 is 1. The van der Waals surface area contributed by atoms with Gasteiger partial charge in [0.05, 0.1) is 12.0 Å². The molecule has 2 N–H and O–H groups in total. The van der Waals surface area contributed by atoms with Gasteiger partial charge in [0, 0.05) is 6.04 Å². The molecule has 0 bridgehead atoms. The highest BCUT2D eigenvalue weighted by Crippen LogP contribution is 2.42. The number of hydrogen-bond donors (Lipinski definition) is 1. The van der Waals surface area contributed by atoms with Crippen molar-refractivity contribution >= 4 is 11.8 Å². The Hall–Kier alpha value is -0.670. The van der Waals surface area contributed by atoms with Crippen molar-refractivity contribution in [3.05, 3.63) is 22.8 Å². The number of nitrogens with two attached hydrogens (primary N) is 1. The molecular weight excluding hydrogens is 218 g/mol. The molecule has 1 aliphatic heterocycles. The Bertz CT molecular complexity index is 403. The first-order chi connectivity index (χ1) is 7.65. The molecular formula is C13H19NOS. The highest BCUT2D eigenvalue weighted by atomic mass is 32.2. The van der Waals surface area contributed by atoms with Gasteiger partial charge in [-0.3, -0.25) is 0 Å². The van der Waals surface area contributed by atoms with Gasteiger partial charge in [-0.2, -0.15) is 0 Å². The van der Waals surface area contributed by atoms with E-state index in [0.29, 0.717) is 0 Å². The standard InChI is InChI=1S/C13H19NOS/c1-8-7-11(15-3)13-12(9(8)2)10(14)5-4-6-16-13/h7,10H,4-6,14H2,1-3H3. The molecule has 1 atom stereocenters. The molecule has 1 aromatic rings. The molecule has 3 heteroatoms. The van der Waals surface area contributed by atoms with Crippen LogP contribution in [0.1, 0.15) is 35.6 Å². The molecule has 0 radical (unpaired) electrons. The second kappa shape index (κ2) is 4.68. The van der Waals surface area contributed by atoms with Crippen LogP contribution in [-0.4, -0.2) is 12.9 Å². The first kappa shape index (κ1) is 11.8. The van der Waals surface area contributed by atoms with Crippen LogP contribution < -0.4 is 10.5 Å². The SMILES string of the molecule is COc1cc(C)c(C)c2c1SCCCC2N. The van der Waals surface area contributed by atoms with Gasteiger partial charge in [0.25, 0.3) is 0 Å². The summed E-state index contributed by atoms with van der Waals surface area (Å²) in [6.45, 7) is 4.29. The normalized spacial score (nSPS) is 20.1. The van der Waals surface area contributed by atoms with Gasteiger partial charge in [-0.15, -0.1) is 11.8 Å². The van der Waals surface area contributed by atoms with Crippen LogP contribution in [0.3, 0.4) is 0 Å². The van der Waals surface area contributed by atoms with E-state index >= 15 is 0 Å². The van der Waals surface area contributed by atoms with E-state index in [4.69, 9.17) is 10.5 Å². The quantitative estimate of drug-likeness (QED) is 0.814. The van der Waals surface area contributed by atoms with Gasteiger partial charge in [0.1, 0.15) is 5.75 Å². The summed E-state index contributed by atoms with van der Waals surface area (Å²) in [5.41, 5.74) is 10.2. The van der Waals surface area contributed by atoms with Crippen molar-refractivity contribution in [2.24, 2.45) is 5.73 Å². The molecule has 0 saturated carbocycles. The van der Waals surface area contributed by atoms with Crippen LogP contribution in [0.5, 0.6) is 5.75 Å². The zero-order chi connectivity index (χ0) is 11.7. The molecule has 88 valence electrons. The average Bonchev–Trinajstić information content (AvgIpc) is 2.46. The predicted molar refractivity (Wildman–Crippen MR) is 69.4 cm³/mol. The van der Waals surface area contributed by atoms with Crippen molar-refractivity contribution in [1.82, 2.24) is 0 Å². The van der Waals surface area contributed by atoms with Crippen LogP contribution in [0.25, 0.3) is 0 Å². The first-order valence-corrected chi connectivity index (χ1v) is 6.70. The molecule has 1 heterocycles. The van der Waals surface area contributed by atoms with Gasteiger partial charge in [-0.05, 0) is 55.2 Å². The summed E-state index contributed by atoms with van der Waals surface area (Å²) in [5.74, 6) is 2.12. The van der Waals surface area contributed by atoms with E-state index in [1.165, 1.54) is 28.0 Å². The summed E-state index contributed by atoms with van der Waals surface area (Å²) < 4.78 is 5.48. The van der Waals surface area contributed by atoms with Gasteiger partial charge in [-0.1, -0.05) is 0 Å². The molecule has 0 aromatic heterocycles. The van der Waals surface area contributed by atoms with Crippen LogP contribution in [0.4, 0.5) is 0 Å². The van der Waals surface area contributed by atoms with E-state index in [-0.39, 0.29) is 6.04 Å². The lowest BCUT2D eigenvalue weighted by atomic mass is 9.95. The molecule has 0 amide bonds. The monoisotopic (exact) mass is 237 g/mol. The lowest BCUT2D eigenvalue weighted by Crippen LogP contribution is -2.13. The van der Waals surface area contributed by atoms with Crippen LogP contribution in [-0.2, 0) is 0 Å². The maximum atomic E-state index is 6.27. The van der Waals surface area contributed by atoms with Crippen molar-refractivity contribution in [3.63, 3.8) is 0 Å². The highest BCUT2D eigenvalue weighted by molar-refractivity contribution is 7.99. The summed E-state index contributed by atoms with van der Waals surface area (Å²) in [5, 5.41) is 0. The number of benzene rings is 1. The van der Waals surface area contributed by atoms with Gasteiger partial charge in [-0.25, -0.2) is 0 Å². The Morgan fingerprint density at radius 2 is 2.19 bits per heavy atom. The van der Waals surface area contributed by atoms with Gasteiger partial charge < -0.3 is 10.5 Å². The number of aryl methyl sites for hydroxylation is 1. The molecule has 0 aliphatic carbocycles. The minimum absolute atomic E-state index is 0.166. The molecule has 1 aromatic carbocycles. The predicted octanol–water partition coefficient (Wildman–Crippen LogP) is 3.20. The van der Waals surface area contributed by atoms with Crippen LogP contribution in [0.2, 0.25) is 0 Å². The zero-order valence-electron chi connectivity index (χ0n) is 10.2. The molecule has 16 heavy (non-hydrogen) atoms. The fourth-order valence-electron chi connectivity index (χ4n) is 2.25. The number of hydrogen-bond acceptors (Lipinski definition) is 3. The Morgan fingerprint density at radius 3 is 2.88 bits per heavy atom.